The van der Waals surface area contributed by atoms with Crippen molar-refractivity contribution < 1.29 is 18.3 Å². The fourth-order valence-electron chi connectivity index (χ4n) is 2.95. The molecule has 0 bridgehead atoms. The topological polar surface area (TPSA) is 76.0 Å². The van der Waals surface area contributed by atoms with Gasteiger partial charge in [0.25, 0.3) is 10.0 Å². The van der Waals surface area contributed by atoms with Gasteiger partial charge in [-0.15, -0.1) is 15.7 Å². The smallest absolute Gasteiger partial charge is 0.285 e. The molecule has 0 fully saturated rings. The Morgan fingerprint density at radius 3 is 2.34 bits per heavy atom. The van der Waals surface area contributed by atoms with Crippen molar-refractivity contribution in [1.82, 2.24) is 0 Å². The summed E-state index contributed by atoms with van der Waals surface area (Å²) in [7, 11) is -4.00. The Labute approximate surface area is 175 Å². The summed E-state index contributed by atoms with van der Waals surface area (Å²) in [5.74, 6) is -0.782. The van der Waals surface area contributed by atoms with Gasteiger partial charge in [0.05, 0.1) is 17.4 Å². The molecular weight excluding hydrogens is 406 g/mol. The van der Waals surface area contributed by atoms with E-state index in [9.17, 15) is 13.5 Å². The molecule has 152 valence electrons. The van der Waals surface area contributed by atoms with E-state index >= 15 is 0 Å². The van der Waals surface area contributed by atoms with Crippen LogP contribution in [0.15, 0.2) is 81.4 Å². The number of aryl methyl sites for hydroxylation is 1. The molecule has 2 atom stereocenters. The van der Waals surface area contributed by atoms with Crippen molar-refractivity contribution in [3.8, 4) is 0 Å². The van der Waals surface area contributed by atoms with Crippen LogP contribution in [-0.4, -0.2) is 26.0 Å². The highest BCUT2D eigenvalue weighted by Gasteiger charge is 2.32. The molecule has 7 heteroatoms. The van der Waals surface area contributed by atoms with Crippen LogP contribution in [-0.2, 0) is 14.8 Å². The summed E-state index contributed by atoms with van der Waals surface area (Å²) in [5.41, 5.74) is 1.67. The number of sulfonamides is 1. The van der Waals surface area contributed by atoms with E-state index in [2.05, 4.69) is 4.40 Å². The van der Waals surface area contributed by atoms with E-state index in [1.54, 1.807) is 19.1 Å². The molecule has 0 spiro atoms. The average Bonchev–Trinajstić information content (AvgIpc) is 3.24. The van der Waals surface area contributed by atoms with Crippen molar-refractivity contribution >= 4 is 27.3 Å². The van der Waals surface area contributed by atoms with E-state index in [1.165, 1.54) is 23.5 Å². The van der Waals surface area contributed by atoms with E-state index < -0.39 is 22.0 Å². The molecule has 5 nitrogen and oxygen atoms in total. The summed E-state index contributed by atoms with van der Waals surface area (Å²) in [6.45, 7) is 3.87. The van der Waals surface area contributed by atoms with Gasteiger partial charge in [0.15, 0.2) is 0 Å². The molecule has 0 aliphatic rings. The van der Waals surface area contributed by atoms with Crippen LogP contribution >= 0.6 is 11.3 Å². The summed E-state index contributed by atoms with van der Waals surface area (Å²) >= 11 is 1.40. The average molecular weight is 430 g/mol. The van der Waals surface area contributed by atoms with E-state index in [-0.39, 0.29) is 17.4 Å². The quantitative estimate of drug-likeness (QED) is 0.436. The standard InChI is InChI=1S/C22H23NO4S2/c1-3-27-22(23-29(25,26)18-13-11-16(2)12-14-18)20(17-8-5-4-6-9-17)21(24)19-10-7-15-28-19/h4-15,20-21,24H,3H2,1-2H3/b23-22-/t20-,21-/m1/s1. The summed E-state index contributed by atoms with van der Waals surface area (Å²) in [5, 5.41) is 12.9. The third-order valence-corrected chi connectivity index (χ3v) is 6.63. The lowest BCUT2D eigenvalue weighted by molar-refractivity contribution is 0.157. The summed E-state index contributed by atoms with van der Waals surface area (Å²) in [6, 6.07) is 19.3. The molecule has 0 saturated heterocycles. The second-order valence-corrected chi connectivity index (χ2v) is 9.08. The Bertz CT molecular complexity index is 1040. The first-order valence-electron chi connectivity index (χ1n) is 9.23. The highest BCUT2D eigenvalue weighted by Crippen LogP contribution is 2.35. The molecule has 29 heavy (non-hydrogen) atoms. The monoisotopic (exact) mass is 429 g/mol. The van der Waals surface area contributed by atoms with Crippen molar-refractivity contribution in [2.45, 2.75) is 30.8 Å². The van der Waals surface area contributed by atoms with Crippen LogP contribution in [0.5, 0.6) is 0 Å². The number of ether oxygens (including phenoxy) is 1. The minimum atomic E-state index is -4.00. The van der Waals surface area contributed by atoms with Gasteiger partial charge in [-0.25, -0.2) is 0 Å². The molecule has 0 radical (unpaired) electrons. The summed E-state index contributed by atoms with van der Waals surface area (Å²) < 4.78 is 35.5. The number of aliphatic hydroxyl groups is 1. The van der Waals surface area contributed by atoms with Crippen LogP contribution in [0.4, 0.5) is 0 Å². The van der Waals surface area contributed by atoms with Crippen molar-refractivity contribution in [1.29, 1.82) is 0 Å². The Morgan fingerprint density at radius 2 is 1.76 bits per heavy atom. The van der Waals surface area contributed by atoms with Crippen molar-refractivity contribution in [3.63, 3.8) is 0 Å². The van der Waals surface area contributed by atoms with Gasteiger partial charge in [-0.2, -0.15) is 8.42 Å². The maximum absolute atomic E-state index is 12.9. The second-order valence-electron chi connectivity index (χ2n) is 6.50. The van der Waals surface area contributed by atoms with Gasteiger partial charge < -0.3 is 9.84 Å². The van der Waals surface area contributed by atoms with E-state index in [4.69, 9.17) is 4.74 Å². The van der Waals surface area contributed by atoms with Gasteiger partial charge in [-0.1, -0.05) is 54.1 Å². The number of aliphatic hydroxyl groups excluding tert-OH is 1. The van der Waals surface area contributed by atoms with Gasteiger partial charge in [0, 0.05) is 4.88 Å². The van der Waals surface area contributed by atoms with E-state index in [0.717, 1.165) is 11.1 Å². The van der Waals surface area contributed by atoms with Gasteiger partial charge in [-0.05, 0) is 43.0 Å². The third kappa shape index (κ3) is 5.12. The molecule has 0 saturated carbocycles. The molecular formula is C22H23NO4S2. The lowest BCUT2D eigenvalue weighted by Crippen LogP contribution is -2.24. The predicted octanol–water partition coefficient (Wildman–Crippen LogP) is 4.70. The minimum absolute atomic E-state index is 0.0276. The zero-order valence-corrected chi connectivity index (χ0v) is 17.9. The lowest BCUT2D eigenvalue weighted by Gasteiger charge is -2.24. The third-order valence-electron chi connectivity index (χ3n) is 4.40. The van der Waals surface area contributed by atoms with Gasteiger partial charge in [0.1, 0.15) is 6.10 Å². The normalized spacial score (nSPS) is 14.4. The number of benzene rings is 2. The highest BCUT2D eigenvalue weighted by atomic mass is 32.2. The zero-order chi connectivity index (χ0) is 20.9. The van der Waals surface area contributed by atoms with Gasteiger partial charge in [-0.3, -0.25) is 0 Å². The molecule has 1 N–H and O–H groups in total. The number of rotatable bonds is 7. The Balaban J connectivity index is 2.11. The maximum Gasteiger partial charge on any atom is 0.285 e. The van der Waals surface area contributed by atoms with Crippen molar-refractivity contribution in [2.24, 2.45) is 4.40 Å². The lowest BCUT2D eigenvalue weighted by atomic mass is 9.92. The molecule has 3 rings (SSSR count). The first-order chi connectivity index (χ1) is 13.9. The van der Waals surface area contributed by atoms with Crippen molar-refractivity contribution in [3.05, 3.63) is 88.1 Å². The number of thiophene rings is 1. The first kappa shape index (κ1) is 21.2. The number of hydrogen-bond acceptors (Lipinski definition) is 5. The van der Waals surface area contributed by atoms with Crippen LogP contribution in [0.1, 0.15) is 34.9 Å². The summed E-state index contributed by atoms with van der Waals surface area (Å²) in [6.07, 6.45) is -0.990. The molecule has 1 heterocycles. The van der Waals surface area contributed by atoms with Crippen LogP contribution < -0.4 is 0 Å². The number of hydrogen-bond donors (Lipinski definition) is 1. The SMILES string of the molecule is CCO/C(=N\S(=O)(=O)c1ccc(C)cc1)[C@H](c1ccccc1)[C@H](O)c1cccs1. The fraction of sp³-hybridized carbons (Fsp3) is 0.227. The molecule has 1 aromatic heterocycles. The fourth-order valence-corrected chi connectivity index (χ4v) is 4.68. The molecule has 3 aromatic rings. The molecule has 0 unspecified atom stereocenters. The van der Waals surface area contributed by atoms with Crippen molar-refractivity contribution in [2.75, 3.05) is 6.61 Å². The molecule has 0 aliphatic heterocycles. The molecule has 0 aliphatic carbocycles. The maximum atomic E-state index is 12.9. The summed E-state index contributed by atoms with van der Waals surface area (Å²) in [4.78, 5) is 0.789. The van der Waals surface area contributed by atoms with Gasteiger partial charge in [0.2, 0.25) is 5.90 Å². The van der Waals surface area contributed by atoms with E-state index in [1.807, 2.05) is 54.8 Å². The molecule has 2 aromatic carbocycles. The Kier molecular flexibility index (Phi) is 6.84. The molecule has 0 amide bonds. The van der Waals surface area contributed by atoms with Crippen LogP contribution in [0.2, 0.25) is 0 Å². The second kappa shape index (κ2) is 9.35. The Morgan fingerprint density at radius 1 is 1.07 bits per heavy atom. The zero-order valence-electron chi connectivity index (χ0n) is 16.2. The minimum Gasteiger partial charge on any atom is -0.480 e. The largest absolute Gasteiger partial charge is 0.480 e. The first-order valence-corrected chi connectivity index (χ1v) is 11.5. The van der Waals surface area contributed by atoms with Crippen LogP contribution in [0, 0.1) is 6.92 Å². The Hall–Kier alpha value is -2.48. The van der Waals surface area contributed by atoms with Crippen LogP contribution in [0.25, 0.3) is 0 Å². The predicted molar refractivity (Wildman–Crippen MR) is 116 cm³/mol. The number of nitrogens with zero attached hydrogens (tertiary/aromatic N) is 1. The van der Waals surface area contributed by atoms with Crippen LogP contribution in [0.3, 0.4) is 0 Å². The highest BCUT2D eigenvalue weighted by molar-refractivity contribution is 7.90. The van der Waals surface area contributed by atoms with E-state index in [0.29, 0.717) is 4.88 Å². The van der Waals surface area contributed by atoms with Gasteiger partial charge >= 0.3 is 0 Å².